The van der Waals surface area contributed by atoms with E-state index in [-0.39, 0.29) is 36.1 Å². The van der Waals surface area contributed by atoms with E-state index in [1.165, 1.54) is 12.1 Å². The number of aromatic nitrogens is 3. The molecular formula is C27H32FN5O2. The number of piperidine rings is 1. The summed E-state index contributed by atoms with van der Waals surface area (Å²) in [5.41, 5.74) is 3.52. The average molecular weight is 478 g/mol. The van der Waals surface area contributed by atoms with Crippen LogP contribution < -0.4 is 0 Å². The van der Waals surface area contributed by atoms with Crippen molar-refractivity contribution in [2.24, 2.45) is 5.92 Å². The molecule has 3 aromatic rings. The van der Waals surface area contributed by atoms with E-state index >= 15 is 0 Å². The fourth-order valence-corrected chi connectivity index (χ4v) is 4.53. The molecule has 1 aliphatic rings. The van der Waals surface area contributed by atoms with Gasteiger partial charge in [-0.1, -0.05) is 26.0 Å². The number of pyridine rings is 1. The fourth-order valence-electron chi connectivity index (χ4n) is 4.53. The van der Waals surface area contributed by atoms with Gasteiger partial charge in [0.05, 0.1) is 5.69 Å². The average Bonchev–Trinajstić information content (AvgIpc) is 3.27. The molecule has 4 rings (SSSR count). The number of amides is 2. The van der Waals surface area contributed by atoms with Crippen LogP contribution in [-0.2, 0) is 22.6 Å². The third kappa shape index (κ3) is 5.93. The van der Waals surface area contributed by atoms with Crippen molar-refractivity contribution in [3.8, 4) is 11.3 Å². The first-order valence-corrected chi connectivity index (χ1v) is 12.1. The van der Waals surface area contributed by atoms with E-state index in [9.17, 15) is 14.0 Å². The van der Waals surface area contributed by atoms with Crippen LogP contribution in [0.25, 0.3) is 11.3 Å². The maximum absolute atomic E-state index is 13.4. The van der Waals surface area contributed by atoms with Crippen molar-refractivity contribution in [3.05, 3.63) is 71.9 Å². The Bertz CT molecular complexity index is 1150. The van der Waals surface area contributed by atoms with Crippen molar-refractivity contribution >= 4 is 11.8 Å². The first-order valence-electron chi connectivity index (χ1n) is 12.1. The maximum Gasteiger partial charge on any atom is 0.244 e. The quantitative estimate of drug-likeness (QED) is 0.519. The van der Waals surface area contributed by atoms with Gasteiger partial charge in [-0.3, -0.25) is 19.3 Å². The topological polar surface area (TPSA) is 71.3 Å². The normalized spacial score (nSPS) is 14.4. The maximum atomic E-state index is 13.4. The largest absolute Gasteiger partial charge is 0.342 e. The van der Waals surface area contributed by atoms with Crippen LogP contribution in [0.15, 0.2) is 54.9 Å². The van der Waals surface area contributed by atoms with E-state index in [0.717, 1.165) is 35.4 Å². The van der Waals surface area contributed by atoms with Crippen LogP contribution in [0.4, 0.5) is 4.39 Å². The molecule has 1 aliphatic heterocycles. The van der Waals surface area contributed by atoms with Gasteiger partial charge >= 0.3 is 0 Å². The van der Waals surface area contributed by atoms with Gasteiger partial charge in [-0.15, -0.1) is 0 Å². The van der Waals surface area contributed by atoms with E-state index in [1.54, 1.807) is 29.2 Å². The Morgan fingerprint density at radius 2 is 1.74 bits per heavy atom. The van der Waals surface area contributed by atoms with E-state index in [1.807, 2.05) is 48.9 Å². The highest BCUT2D eigenvalue weighted by Crippen LogP contribution is 2.22. The summed E-state index contributed by atoms with van der Waals surface area (Å²) < 4.78 is 15.1. The molecule has 0 radical (unpaired) electrons. The van der Waals surface area contributed by atoms with Crippen molar-refractivity contribution in [2.75, 3.05) is 20.1 Å². The van der Waals surface area contributed by atoms with Crippen molar-refractivity contribution in [1.82, 2.24) is 24.6 Å². The van der Waals surface area contributed by atoms with Crippen LogP contribution in [0.3, 0.4) is 0 Å². The van der Waals surface area contributed by atoms with Gasteiger partial charge in [-0.25, -0.2) is 4.39 Å². The minimum Gasteiger partial charge on any atom is -0.342 e. The predicted octanol–water partition coefficient (Wildman–Crippen LogP) is 3.78. The lowest BCUT2D eigenvalue weighted by atomic mass is 10.0. The molecule has 0 unspecified atom stereocenters. The SMILES string of the molecule is CC(C)C(=O)N(C)C1CCN(C(=O)Cn2nc(-c3ccncc3)cc2Cc2ccc(F)cc2)CC1. The summed E-state index contributed by atoms with van der Waals surface area (Å²) in [5.74, 6) is -0.168. The Morgan fingerprint density at radius 3 is 2.37 bits per heavy atom. The summed E-state index contributed by atoms with van der Waals surface area (Å²) in [4.78, 5) is 33.3. The molecule has 35 heavy (non-hydrogen) atoms. The molecule has 3 heterocycles. The van der Waals surface area contributed by atoms with E-state index in [4.69, 9.17) is 5.10 Å². The molecule has 1 saturated heterocycles. The molecule has 0 saturated carbocycles. The number of hydrogen-bond donors (Lipinski definition) is 0. The molecule has 1 aromatic carbocycles. The Hall–Kier alpha value is -3.55. The smallest absolute Gasteiger partial charge is 0.244 e. The zero-order chi connectivity index (χ0) is 24.9. The Kier molecular flexibility index (Phi) is 7.58. The van der Waals surface area contributed by atoms with Crippen molar-refractivity contribution in [1.29, 1.82) is 0 Å². The second-order valence-electron chi connectivity index (χ2n) is 9.43. The Labute approximate surface area is 205 Å². The molecule has 1 fully saturated rings. The number of carbonyl (C=O) groups excluding carboxylic acids is 2. The Balaban J connectivity index is 1.47. The summed E-state index contributed by atoms with van der Waals surface area (Å²) in [6, 6.07) is 12.3. The molecule has 8 heteroatoms. The van der Waals surface area contributed by atoms with Crippen molar-refractivity contribution < 1.29 is 14.0 Å². The molecule has 0 N–H and O–H groups in total. The number of rotatable bonds is 7. The van der Waals surface area contributed by atoms with Gasteiger partial charge in [0.1, 0.15) is 12.4 Å². The minimum atomic E-state index is -0.279. The van der Waals surface area contributed by atoms with Crippen LogP contribution >= 0.6 is 0 Å². The lowest BCUT2D eigenvalue weighted by Crippen LogP contribution is -2.48. The first kappa shape index (κ1) is 24.6. The number of carbonyl (C=O) groups is 2. The van der Waals surface area contributed by atoms with Crippen molar-refractivity contribution in [2.45, 2.75) is 45.7 Å². The second-order valence-corrected chi connectivity index (χ2v) is 9.43. The van der Waals surface area contributed by atoms with Crippen molar-refractivity contribution in [3.63, 3.8) is 0 Å². The van der Waals surface area contributed by atoms with Gasteiger partial charge in [0.25, 0.3) is 0 Å². The summed E-state index contributed by atoms with van der Waals surface area (Å²) in [7, 11) is 1.86. The molecule has 2 amide bonds. The fraction of sp³-hybridized carbons (Fsp3) is 0.407. The number of likely N-dealkylation sites (tertiary alicyclic amines) is 1. The van der Waals surface area contributed by atoms with Gasteiger partial charge in [0.2, 0.25) is 11.8 Å². The zero-order valence-electron chi connectivity index (χ0n) is 20.5. The summed E-state index contributed by atoms with van der Waals surface area (Å²) in [6.45, 7) is 5.18. The number of halogens is 1. The number of benzene rings is 1. The van der Waals surface area contributed by atoms with Crippen LogP contribution in [0.1, 0.15) is 37.9 Å². The summed E-state index contributed by atoms with van der Waals surface area (Å²) in [6.07, 6.45) is 5.50. The van der Waals surface area contributed by atoms with Gasteiger partial charge < -0.3 is 9.80 Å². The Morgan fingerprint density at radius 1 is 1.09 bits per heavy atom. The highest BCUT2D eigenvalue weighted by atomic mass is 19.1. The lowest BCUT2D eigenvalue weighted by Gasteiger charge is -2.37. The third-order valence-electron chi connectivity index (χ3n) is 6.63. The minimum absolute atomic E-state index is 0.00558. The standard InChI is InChI=1S/C27H32FN5O2/c1-19(2)27(35)31(3)23-10-14-32(15-11-23)26(34)18-33-24(16-20-4-6-22(28)7-5-20)17-25(30-33)21-8-12-29-13-9-21/h4-9,12-13,17,19,23H,10-11,14-16,18H2,1-3H3. The molecule has 7 nitrogen and oxygen atoms in total. The highest BCUT2D eigenvalue weighted by Gasteiger charge is 2.28. The van der Waals surface area contributed by atoms with Crippen LogP contribution in [0, 0.1) is 11.7 Å². The number of nitrogens with zero attached hydrogens (tertiary/aromatic N) is 5. The lowest BCUT2D eigenvalue weighted by molar-refractivity contribution is -0.138. The summed E-state index contributed by atoms with van der Waals surface area (Å²) >= 11 is 0. The molecule has 184 valence electrons. The third-order valence-corrected chi connectivity index (χ3v) is 6.63. The first-order chi connectivity index (χ1) is 16.8. The zero-order valence-corrected chi connectivity index (χ0v) is 20.5. The van der Waals surface area contributed by atoms with E-state index < -0.39 is 0 Å². The van der Waals surface area contributed by atoms with Gasteiger partial charge in [0, 0.05) is 62.2 Å². The molecule has 0 atom stereocenters. The second kappa shape index (κ2) is 10.8. The predicted molar refractivity (Wildman–Crippen MR) is 132 cm³/mol. The molecule has 0 spiro atoms. The highest BCUT2D eigenvalue weighted by molar-refractivity contribution is 5.78. The van der Waals surface area contributed by atoms with Crippen LogP contribution in [-0.4, -0.2) is 62.6 Å². The summed E-state index contributed by atoms with van der Waals surface area (Å²) in [5, 5.41) is 4.73. The molecule has 0 aliphatic carbocycles. The number of hydrogen-bond acceptors (Lipinski definition) is 4. The van der Waals surface area contributed by atoms with Gasteiger partial charge in [-0.2, -0.15) is 5.10 Å². The van der Waals surface area contributed by atoms with Gasteiger partial charge in [0.15, 0.2) is 0 Å². The van der Waals surface area contributed by atoms with E-state index in [0.29, 0.717) is 19.5 Å². The molecular weight excluding hydrogens is 445 g/mol. The van der Waals surface area contributed by atoms with E-state index in [2.05, 4.69) is 4.98 Å². The van der Waals surface area contributed by atoms with Crippen LogP contribution in [0.5, 0.6) is 0 Å². The van der Waals surface area contributed by atoms with Crippen LogP contribution in [0.2, 0.25) is 0 Å². The van der Waals surface area contributed by atoms with Gasteiger partial charge in [-0.05, 0) is 48.7 Å². The molecule has 2 aromatic heterocycles. The monoisotopic (exact) mass is 477 g/mol. The molecule has 0 bridgehead atoms.